The first-order valence-electron chi connectivity index (χ1n) is 6.43. The quantitative estimate of drug-likeness (QED) is 0.850. The van der Waals surface area contributed by atoms with Crippen molar-refractivity contribution in [3.63, 3.8) is 0 Å². The third-order valence-corrected chi connectivity index (χ3v) is 3.21. The fourth-order valence-corrected chi connectivity index (χ4v) is 2.19. The number of nitrogens with one attached hydrogen (secondary N) is 1. The first kappa shape index (κ1) is 12.7. The van der Waals surface area contributed by atoms with Crippen LogP contribution in [0.3, 0.4) is 0 Å². The molecule has 2 heterocycles. The van der Waals surface area contributed by atoms with Crippen molar-refractivity contribution in [2.24, 2.45) is 0 Å². The summed E-state index contributed by atoms with van der Waals surface area (Å²) in [4.78, 5) is 18.1. The van der Waals surface area contributed by atoms with Crippen molar-refractivity contribution in [3.05, 3.63) is 18.3 Å². The average Bonchev–Trinajstić information content (AvgIpc) is 2.41. The maximum atomic E-state index is 12.2. The molecule has 1 atom stereocenters. The van der Waals surface area contributed by atoms with Crippen molar-refractivity contribution in [2.45, 2.75) is 32.2 Å². The summed E-state index contributed by atoms with van der Waals surface area (Å²) >= 11 is 0. The van der Waals surface area contributed by atoms with Crippen molar-refractivity contribution in [3.8, 4) is 0 Å². The molecule has 0 aromatic carbocycles. The third-order valence-electron chi connectivity index (χ3n) is 3.21. The zero-order chi connectivity index (χ0) is 13.0. The normalized spacial score (nSPS) is 17.3. The van der Waals surface area contributed by atoms with Crippen molar-refractivity contribution in [2.75, 3.05) is 24.1 Å². The Morgan fingerprint density at radius 1 is 1.39 bits per heavy atom. The molecule has 18 heavy (non-hydrogen) atoms. The number of carbonyl (C=O) groups excluding carboxylic acids is 1. The van der Waals surface area contributed by atoms with Crippen LogP contribution in [-0.2, 0) is 4.79 Å². The van der Waals surface area contributed by atoms with E-state index in [1.54, 1.807) is 12.3 Å². The van der Waals surface area contributed by atoms with E-state index in [1.807, 2.05) is 17.9 Å². The van der Waals surface area contributed by atoms with Gasteiger partial charge in [0.05, 0.1) is 11.9 Å². The van der Waals surface area contributed by atoms with Crippen LogP contribution in [0.5, 0.6) is 0 Å². The first-order chi connectivity index (χ1) is 8.66. The van der Waals surface area contributed by atoms with Gasteiger partial charge < -0.3 is 16.0 Å². The van der Waals surface area contributed by atoms with Gasteiger partial charge in [0.25, 0.3) is 0 Å². The largest absolute Gasteiger partial charge is 0.384 e. The maximum absolute atomic E-state index is 12.2. The Morgan fingerprint density at radius 3 is 2.72 bits per heavy atom. The molecule has 0 saturated carbocycles. The highest BCUT2D eigenvalue weighted by molar-refractivity contribution is 5.84. The van der Waals surface area contributed by atoms with Crippen LogP contribution in [-0.4, -0.2) is 34.9 Å². The Balaban J connectivity index is 1.92. The average molecular weight is 248 g/mol. The number of hydrogen-bond acceptors (Lipinski definition) is 4. The zero-order valence-corrected chi connectivity index (χ0v) is 10.7. The standard InChI is InChI=1S/C13H20N4O/c1-10(13(18)17-7-3-2-4-8-17)16-11-5-6-12(14)15-9-11/h5-6,9-10,16H,2-4,7-8H2,1H3,(H2,14,15). The van der Waals surface area contributed by atoms with Crippen LogP contribution in [0.15, 0.2) is 18.3 Å². The monoisotopic (exact) mass is 248 g/mol. The van der Waals surface area contributed by atoms with E-state index in [2.05, 4.69) is 10.3 Å². The molecule has 5 heteroatoms. The van der Waals surface area contributed by atoms with Gasteiger partial charge in [0.2, 0.25) is 5.91 Å². The Bertz CT molecular complexity index is 398. The highest BCUT2D eigenvalue weighted by Crippen LogP contribution is 2.13. The molecule has 1 aromatic rings. The fraction of sp³-hybridized carbons (Fsp3) is 0.538. The van der Waals surface area contributed by atoms with Gasteiger partial charge in [-0.1, -0.05) is 0 Å². The molecule has 0 aliphatic carbocycles. The molecule has 1 aliphatic heterocycles. The second-order valence-corrected chi connectivity index (χ2v) is 4.72. The molecule has 1 aromatic heterocycles. The highest BCUT2D eigenvalue weighted by Gasteiger charge is 2.21. The fourth-order valence-electron chi connectivity index (χ4n) is 2.19. The second-order valence-electron chi connectivity index (χ2n) is 4.72. The van der Waals surface area contributed by atoms with Crippen LogP contribution in [0.25, 0.3) is 0 Å². The number of amides is 1. The molecule has 1 aliphatic rings. The molecule has 5 nitrogen and oxygen atoms in total. The van der Waals surface area contributed by atoms with Gasteiger partial charge in [-0.05, 0) is 38.3 Å². The van der Waals surface area contributed by atoms with Gasteiger partial charge in [-0.3, -0.25) is 4.79 Å². The van der Waals surface area contributed by atoms with E-state index in [-0.39, 0.29) is 11.9 Å². The van der Waals surface area contributed by atoms with E-state index in [9.17, 15) is 4.79 Å². The minimum absolute atomic E-state index is 0.159. The number of pyridine rings is 1. The summed E-state index contributed by atoms with van der Waals surface area (Å²) in [6, 6.07) is 3.33. The van der Waals surface area contributed by atoms with Crippen LogP contribution < -0.4 is 11.1 Å². The number of hydrogen-bond donors (Lipinski definition) is 2. The van der Waals surface area contributed by atoms with E-state index < -0.39 is 0 Å². The van der Waals surface area contributed by atoms with Crippen LogP contribution in [0.2, 0.25) is 0 Å². The van der Waals surface area contributed by atoms with E-state index in [4.69, 9.17) is 5.73 Å². The molecular formula is C13H20N4O. The number of rotatable bonds is 3. The molecule has 0 radical (unpaired) electrons. The number of nitrogens with two attached hydrogens (primary N) is 1. The molecule has 1 saturated heterocycles. The Labute approximate surface area is 107 Å². The first-order valence-corrected chi connectivity index (χ1v) is 6.43. The van der Waals surface area contributed by atoms with Crippen molar-refractivity contribution < 1.29 is 4.79 Å². The smallest absolute Gasteiger partial charge is 0.244 e. The van der Waals surface area contributed by atoms with E-state index in [1.165, 1.54) is 6.42 Å². The molecule has 0 spiro atoms. The van der Waals surface area contributed by atoms with Crippen molar-refractivity contribution in [1.29, 1.82) is 0 Å². The summed E-state index contributed by atoms with van der Waals surface area (Å²) in [5.74, 6) is 0.641. The van der Waals surface area contributed by atoms with Crippen molar-refractivity contribution >= 4 is 17.4 Å². The van der Waals surface area contributed by atoms with Crippen LogP contribution in [0.4, 0.5) is 11.5 Å². The van der Waals surface area contributed by atoms with Gasteiger partial charge in [-0.15, -0.1) is 0 Å². The topological polar surface area (TPSA) is 71.2 Å². The van der Waals surface area contributed by atoms with E-state index >= 15 is 0 Å². The molecule has 0 bridgehead atoms. The Hall–Kier alpha value is -1.78. The second kappa shape index (κ2) is 5.71. The highest BCUT2D eigenvalue weighted by atomic mass is 16.2. The summed E-state index contributed by atoms with van der Waals surface area (Å²) in [7, 11) is 0. The molecule has 1 unspecified atom stereocenters. The summed E-state index contributed by atoms with van der Waals surface area (Å²) in [6.45, 7) is 3.64. The van der Waals surface area contributed by atoms with Gasteiger partial charge in [-0.2, -0.15) is 0 Å². The predicted molar refractivity (Wildman–Crippen MR) is 72.2 cm³/mol. The summed E-state index contributed by atoms with van der Waals surface area (Å²) < 4.78 is 0. The lowest BCUT2D eigenvalue weighted by molar-refractivity contribution is -0.132. The maximum Gasteiger partial charge on any atom is 0.244 e. The predicted octanol–water partition coefficient (Wildman–Crippen LogP) is 1.48. The van der Waals surface area contributed by atoms with Crippen LogP contribution in [0.1, 0.15) is 26.2 Å². The summed E-state index contributed by atoms with van der Waals surface area (Å²) in [5, 5.41) is 3.16. The van der Waals surface area contributed by atoms with Crippen LogP contribution in [0, 0.1) is 0 Å². The number of anilines is 2. The van der Waals surface area contributed by atoms with Gasteiger partial charge in [0.15, 0.2) is 0 Å². The lowest BCUT2D eigenvalue weighted by Gasteiger charge is -2.29. The van der Waals surface area contributed by atoms with Gasteiger partial charge >= 0.3 is 0 Å². The number of aromatic nitrogens is 1. The number of nitrogens with zero attached hydrogens (tertiary/aromatic N) is 2. The number of piperidine rings is 1. The van der Waals surface area contributed by atoms with Crippen LogP contribution >= 0.6 is 0 Å². The molecule has 98 valence electrons. The van der Waals surface area contributed by atoms with Gasteiger partial charge in [0, 0.05) is 13.1 Å². The number of carbonyl (C=O) groups is 1. The van der Waals surface area contributed by atoms with E-state index in [0.717, 1.165) is 31.6 Å². The Morgan fingerprint density at radius 2 is 2.11 bits per heavy atom. The van der Waals surface area contributed by atoms with Gasteiger partial charge in [-0.25, -0.2) is 4.98 Å². The lowest BCUT2D eigenvalue weighted by atomic mass is 10.1. The number of nitrogen functional groups attached to an aromatic ring is 1. The van der Waals surface area contributed by atoms with E-state index in [0.29, 0.717) is 5.82 Å². The molecule has 2 rings (SSSR count). The summed E-state index contributed by atoms with van der Waals surface area (Å²) in [5.41, 5.74) is 6.34. The third kappa shape index (κ3) is 3.12. The minimum Gasteiger partial charge on any atom is -0.384 e. The summed E-state index contributed by atoms with van der Waals surface area (Å²) in [6.07, 6.45) is 5.10. The van der Waals surface area contributed by atoms with Crippen molar-refractivity contribution in [1.82, 2.24) is 9.88 Å². The Kier molecular flexibility index (Phi) is 4.02. The molecule has 1 fully saturated rings. The van der Waals surface area contributed by atoms with Gasteiger partial charge in [0.1, 0.15) is 11.9 Å². The SMILES string of the molecule is CC(Nc1ccc(N)nc1)C(=O)N1CCCCC1. The molecular weight excluding hydrogens is 228 g/mol. The lowest BCUT2D eigenvalue weighted by Crippen LogP contribution is -2.43. The zero-order valence-electron chi connectivity index (χ0n) is 10.7. The minimum atomic E-state index is -0.228. The number of likely N-dealkylation sites (tertiary alicyclic amines) is 1. The molecule has 1 amide bonds. The molecule has 3 N–H and O–H groups in total.